The van der Waals surface area contributed by atoms with E-state index in [0.29, 0.717) is 6.54 Å². The van der Waals surface area contributed by atoms with Gasteiger partial charge < -0.3 is 0 Å². The zero-order valence-electron chi connectivity index (χ0n) is 9.51. The van der Waals surface area contributed by atoms with Crippen molar-refractivity contribution in [3.8, 4) is 0 Å². The van der Waals surface area contributed by atoms with Crippen LogP contribution in [-0.4, -0.2) is 54.3 Å². The summed E-state index contributed by atoms with van der Waals surface area (Å²) in [5.74, 6) is -0.502. The fourth-order valence-corrected chi connectivity index (χ4v) is 1.41. The van der Waals surface area contributed by atoms with Crippen molar-refractivity contribution in [3.05, 3.63) is 4.91 Å². The molecule has 0 aromatic rings. The van der Waals surface area contributed by atoms with Crippen LogP contribution in [0.1, 0.15) is 13.3 Å². The zero-order valence-corrected chi connectivity index (χ0v) is 9.51. The molecule has 0 aromatic heterocycles. The smallest absolute Gasteiger partial charge is 0.283 e. The van der Waals surface area contributed by atoms with Crippen LogP contribution in [0.2, 0.25) is 0 Å². The molecule has 0 aromatic carbocycles. The van der Waals surface area contributed by atoms with E-state index in [0.717, 1.165) is 11.3 Å². The van der Waals surface area contributed by atoms with Gasteiger partial charge in [0.1, 0.15) is 5.84 Å². The quantitative estimate of drug-likeness (QED) is 0.655. The lowest BCUT2D eigenvalue weighted by Crippen LogP contribution is -2.59. The van der Waals surface area contributed by atoms with E-state index < -0.39 is 18.0 Å². The van der Waals surface area contributed by atoms with E-state index in [-0.39, 0.29) is 5.84 Å². The molecule has 1 atom stereocenters. The average Bonchev–Trinajstić information content (AvgIpc) is 2.29. The predicted octanol–water partition coefficient (Wildman–Crippen LogP) is 0.454. The number of likely N-dealkylation sites (N-methyl/N-ethyl adjacent to an activating group) is 2. The third-order valence-electron chi connectivity index (χ3n) is 2.33. The van der Waals surface area contributed by atoms with Gasteiger partial charge in [0, 0.05) is 20.6 Å². The molecule has 1 saturated heterocycles. The highest BCUT2D eigenvalue weighted by atomic mass is 16.3. The minimum atomic E-state index is -1.21. The summed E-state index contributed by atoms with van der Waals surface area (Å²) in [6.07, 6.45) is 0.765. The van der Waals surface area contributed by atoms with Crippen molar-refractivity contribution in [2.45, 2.75) is 19.4 Å². The van der Waals surface area contributed by atoms with Crippen LogP contribution in [0.25, 0.3) is 0 Å². The van der Waals surface area contributed by atoms with Crippen molar-refractivity contribution in [1.29, 1.82) is 0 Å². The van der Waals surface area contributed by atoms with Gasteiger partial charge in [0.15, 0.2) is 0 Å². The predicted molar refractivity (Wildman–Crippen MR) is 58.1 cm³/mol. The Morgan fingerprint density at radius 2 is 1.88 bits per heavy atom. The molecule has 88 valence electrons. The first kappa shape index (κ1) is 12.3. The molecule has 3 amide bonds. The molecule has 1 heterocycles. The number of nitrogens with zero attached hydrogens (tertiary/aromatic N) is 4. The SMILES string of the molecule is CCCN=C1C(N=O)C(=O)N(C)C(=O)N1C. The van der Waals surface area contributed by atoms with Crippen molar-refractivity contribution in [2.75, 3.05) is 20.6 Å². The summed E-state index contributed by atoms with van der Waals surface area (Å²) in [5, 5.41) is 2.73. The maximum atomic E-state index is 11.6. The molecular weight excluding hydrogens is 212 g/mol. The maximum Gasteiger partial charge on any atom is 0.331 e. The second-order valence-electron chi connectivity index (χ2n) is 3.49. The second-order valence-corrected chi connectivity index (χ2v) is 3.49. The maximum absolute atomic E-state index is 11.6. The number of amidine groups is 1. The molecule has 1 aliphatic rings. The zero-order chi connectivity index (χ0) is 12.3. The molecule has 1 fully saturated rings. The number of hydrogen-bond donors (Lipinski definition) is 0. The number of rotatable bonds is 3. The third-order valence-corrected chi connectivity index (χ3v) is 2.33. The second kappa shape index (κ2) is 4.82. The minimum absolute atomic E-state index is 0.130. The first-order chi connectivity index (χ1) is 7.54. The Morgan fingerprint density at radius 1 is 1.25 bits per heavy atom. The lowest BCUT2D eigenvalue weighted by atomic mass is 10.2. The summed E-state index contributed by atoms with van der Waals surface area (Å²) in [5.41, 5.74) is 0. The Morgan fingerprint density at radius 3 is 2.38 bits per heavy atom. The molecule has 7 nitrogen and oxygen atoms in total. The summed E-state index contributed by atoms with van der Waals surface area (Å²) in [4.78, 5) is 39.9. The summed E-state index contributed by atoms with van der Waals surface area (Å²) in [6.45, 7) is 2.36. The van der Waals surface area contributed by atoms with Crippen LogP contribution in [0.3, 0.4) is 0 Å². The number of carbonyl (C=O) groups is 2. The molecule has 1 rings (SSSR count). The first-order valence-corrected chi connectivity index (χ1v) is 4.96. The summed E-state index contributed by atoms with van der Waals surface area (Å²) >= 11 is 0. The molecule has 1 aliphatic heterocycles. The van der Waals surface area contributed by atoms with Gasteiger partial charge in [-0.05, 0) is 11.6 Å². The Hall–Kier alpha value is -1.79. The number of hydrogen-bond acceptors (Lipinski definition) is 5. The van der Waals surface area contributed by atoms with Gasteiger partial charge in [0.25, 0.3) is 5.91 Å². The van der Waals surface area contributed by atoms with Crippen LogP contribution in [0.5, 0.6) is 0 Å². The largest absolute Gasteiger partial charge is 0.331 e. The van der Waals surface area contributed by atoms with Crippen molar-refractivity contribution in [3.63, 3.8) is 0 Å². The van der Waals surface area contributed by atoms with E-state index in [9.17, 15) is 14.5 Å². The number of aliphatic imine (C=N–C) groups is 1. The van der Waals surface area contributed by atoms with E-state index in [1.807, 2.05) is 6.92 Å². The molecule has 0 saturated carbocycles. The summed E-state index contributed by atoms with van der Waals surface area (Å²) in [6, 6.07) is -1.71. The molecule has 1 unspecified atom stereocenters. The van der Waals surface area contributed by atoms with Crippen LogP contribution in [0.15, 0.2) is 10.2 Å². The van der Waals surface area contributed by atoms with Crippen molar-refractivity contribution in [2.24, 2.45) is 10.2 Å². The number of urea groups is 1. The molecule has 7 heteroatoms. The Labute approximate surface area is 93.1 Å². The average molecular weight is 226 g/mol. The van der Waals surface area contributed by atoms with E-state index in [2.05, 4.69) is 10.2 Å². The Balaban J connectivity index is 3.08. The first-order valence-electron chi connectivity index (χ1n) is 4.96. The monoisotopic (exact) mass is 226 g/mol. The van der Waals surface area contributed by atoms with Crippen LogP contribution in [0.4, 0.5) is 4.79 Å². The minimum Gasteiger partial charge on any atom is -0.283 e. The fourth-order valence-electron chi connectivity index (χ4n) is 1.41. The molecular formula is C9H14N4O3. The van der Waals surface area contributed by atoms with E-state index in [1.54, 1.807) is 0 Å². The highest BCUT2D eigenvalue weighted by Gasteiger charge is 2.41. The summed E-state index contributed by atoms with van der Waals surface area (Å²) in [7, 11) is 2.79. The molecule has 0 spiro atoms. The molecule has 16 heavy (non-hydrogen) atoms. The number of carbonyl (C=O) groups excluding carboxylic acids is 2. The third kappa shape index (κ3) is 1.93. The van der Waals surface area contributed by atoms with Gasteiger partial charge in [-0.25, -0.2) is 4.79 Å². The van der Waals surface area contributed by atoms with Crippen LogP contribution >= 0.6 is 0 Å². The number of nitroso groups, excluding NO2 is 1. The van der Waals surface area contributed by atoms with Crippen molar-refractivity contribution >= 4 is 17.8 Å². The van der Waals surface area contributed by atoms with Gasteiger partial charge in [-0.3, -0.25) is 19.6 Å². The van der Waals surface area contributed by atoms with Crippen molar-refractivity contribution in [1.82, 2.24) is 9.80 Å². The van der Waals surface area contributed by atoms with Gasteiger partial charge >= 0.3 is 6.03 Å². The molecule has 0 aliphatic carbocycles. The standard InChI is InChI=1S/C9H14N4O3/c1-4-5-10-7-6(11-16)8(14)13(3)9(15)12(7)2/h6H,4-5H2,1-3H3. The number of imide groups is 1. The van der Waals surface area contributed by atoms with Crippen LogP contribution in [-0.2, 0) is 4.79 Å². The van der Waals surface area contributed by atoms with Crippen LogP contribution in [0, 0.1) is 4.91 Å². The molecule has 0 N–H and O–H groups in total. The normalized spacial score (nSPS) is 24.2. The topological polar surface area (TPSA) is 82.4 Å². The number of amides is 3. The molecule has 0 radical (unpaired) electrons. The van der Waals surface area contributed by atoms with Gasteiger partial charge in [-0.15, -0.1) is 4.91 Å². The summed E-state index contributed by atoms with van der Waals surface area (Å²) < 4.78 is 0. The van der Waals surface area contributed by atoms with Gasteiger partial charge in [0.2, 0.25) is 6.04 Å². The van der Waals surface area contributed by atoms with Gasteiger partial charge in [0.05, 0.1) is 0 Å². The van der Waals surface area contributed by atoms with Gasteiger partial charge in [-0.1, -0.05) is 6.92 Å². The van der Waals surface area contributed by atoms with Crippen LogP contribution < -0.4 is 0 Å². The lowest BCUT2D eigenvalue weighted by molar-refractivity contribution is -0.128. The highest BCUT2D eigenvalue weighted by molar-refractivity contribution is 6.20. The van der Waals surface area contributed by atoms with Crippen molar-refractivity contribution < 1.29 is 9.59 Å². The van der Waals surface area contributed by atoms with E-state index >= 15 is 0 Å². The van der Waals surface area contributed by atoms with E-state index in [4.69, 9.17) is 0 Å². The highest BCUT2D eigenvalue weighted by Crippen LogP contribution is 2.13. The van der Waals surface area contributed by atoms with E-state index in [1.165, 1.54) is 19.0 Å². The Kier molecular flexibility index (Phi) is 3.70. The van der Waals surface area contributed by atoms with Gasteiger partial charge in [-0.2, -0.15) is 0 Å². The lowest BCUT2D eigenvalue weighted by Gasteiger charge is -2.32. The Bertz CT molecular complexity index is 353. The fraction of sp³-hybridized carbons (Fsp3) is 0.667. The molecule has 0 bridgehead atoms.